The molecule has 0 aromatic heterocycles. The number of nitrogens with zero attached hydrogens (tertiary/aromatic N) is 2. The summed E-state index contributed by atoms with van der Waals surface area (Å²) in [5.74, 6) is 0. The van der Waals surface area contributed by atoms with Gasteiger partial charge in [0.1, 0.15) is 0 Å². The normalized spacial score (nSPS) is 9.68. The van der Waals surface area contributed by atoms with Crippen molar-refractivity contribution in [1.82, 2.24) is 9.80 Å². The van der Waals surface area contributed by atoms with Gasteiger partial charge in [-0.25, -0.2) is 9.59 Å². The molecular formula is C13H22N2O4. The summed E-state index contributed by atoms with van der Waals surface area (Å²) < 4.78 is 0. The van der Waals surface area contributed by atoms with Crippen molar-refractivity contribution in [2.45, 2.75) is 19.3 Å². The molecule has 0 aliphatic heterocycles. The molecule has 0 radical (unpaired) electrons. The molecule has 0 aromatic rings. The molecule has 6 heteroatoms. The van der Waals surface area contributed by atoms with Crippen LogP contribution in [0.5, 0.6) is 0 Å². The van der Waals surface area contributed by atoms with E-state index >= 15 is 0 Å². The monoisotopic (exact) mass is 270 g/mol. The smallest absolute Gasteiger partial charge is 0.407 e. The molecule has 2 amide bonds. The van der Waals surface area contributed by atoms with Gasteiger partial charge in [0.15, 0.2) is 0 Å². The first kappa shape index (κ1) is 17.0. The predicted molar refractivity (Wildman–Crippen MR) is 73.4 cm³/mol. The summed E-state index contributed by atoms with van der Waals surface area (Å²) in [6.07, 6.45) is 3.37. The molecule has 19 heavy (non-hydrogen) atoms. The summed E-state index contributed by atoms with van der Waals surface area (Å²) in [6, 6.07) is 0. The van der Waals surface area contributed by atoms with E-state index in [0.717, 1.165) is 6.42 Å². The highest BCUT2D eigenvalue weighted by Gasteiger charge is 2.10. The fourth-order valence-corrected chi connectivity index (χ4v) is 1.62. The van der Waals surface area contributed by atoms with Crippen LogP contribution in [0.15, 0.2) is 25.3 Å². The van der Waals surface area contributed by atoms with E-state index in [0.29, 0.717) is 39.0 Å². The number of rotatable bonds is 10. The number of hydrogen-bond donors (Lipinski definition) is 2. The summed E-state index contributed by atoms with van der Waals surface area (Å²) in [4.78, 5) is 24.2. The SMILES string of the molecule is C=CCN(CCCCCN(CC=C)C(=O)O)C(=O)O. The van der Waals surface area contributed by atoms with Crippen LogP contribution in [0.2, 0.25) is 0 Å². The van der Waals surface area contributed by atoms with Gasteiger partial charge in [-0.2, -0.15) is 0 Å². The largest absolute Gasteiger partial charge is 0.465 e. The lowest BCUT2D eigenvalue weighted by Crippen LogP contribution is -2.31. The van der Waals surface area contributed by atoms with E-state index in [1.807, 2.05) is 0 Å². The molecule has 0 rings (SSSR count). The van der Waals surface area contributed by atoms with Gasteiger partial charge in [0.2, 0.25) is 0 Å². The number of carboxylic acid groups (broad SMARTS) is 2. The molecule has 2 N–H and O–H groups in total. The standard InChI is InChI=1S/C13H22N2O4/c1-3-8-14(12(16)17)10-6-5-7-11-15(9-4-2)13(18)19/h3-4H,1-2,5-11H2,(H,16,17)(H,18,19). The van der Waals surface area contributed by atoms with Crippen molar-refractivity contribution in [3.05, 3.63) is 25.3 Å². The van der Waals surface area contributed by atoms with Gasteiger partial charge < -0.3 is 20.0 Å². The third kappa shape index (κ3) is 7.86. The molecule has 0 unspecified atom stereocenters. The Morgan fingerprint density at radius 1 is 0.842 bits per heavy atom. The first-order chi connectivity index (χ1) is 9.02. The van der Waals surface area contributed by atoms with Crippen molar-refractivity contribution in [1.29, 1.82) is 0 Å². The van der Waals surface area contributed by atoms with Crippen molar-refractivity contribution in [2.75, 3.05) is 26.2 Å². The van der Waals surface area contributed by atoms with Crippen molar-refractivity contribution >= 4 is 12.2 Å². The van der Waals surface area contributed by atoms with Crippen LogP contribution in [-0.2, 0) is 0 Å². The minimum atomic E-state index is -0.960. The molecule has 0 bridgehead atoms. The van der Waals surface area contributed by atoms with E-state index in [4.69, 9.17) is 10.2 Å². The third-order valence-corrected chi connectivity index (χ3v) is 2.60. The van der Waals surface area contributed by atoms with Gasteiger partial charge in [0.05, 0.1) is 0 Å². The van der Waals surface area contributed by atoms with Crippen LogP contribution < -0.4 is 0 Å². The van der Waals surface area contributed by atoms with E-state index in [9.17, 15) is 9.59 Å². The Balaban J connectivity index is 3.83. The lowest BCUT2D eigenvalue weighted by Gasteiger charge is -2.18. The molecule has 0 saturated heterocycles. The molecule has 0 saturated carbocycles. The van der Waals surface area contributed by atoms with Gasteiger partial charge in [-0.3, -0.25) is 0 Å². The van der Waals surface area contributed by atoms with Gasteiger partial charge in [0.25, 0.3) is 0 Å². The minimum absolute atomic E-state index is 0.313. The maximum Gasteiger partial charge on any atom is 0.407 e. The minimum Gasteiger partial charge on any atom is -0.465 e. The lowest BCUT2D eigenvalue weighted by atomic mass is 10.2. The van der Waals surface area contributed by atoms with Crippen molar-refractivity contribution in [2.24, 2.45) is 0 Å². The summed E-state index contributed by atoms with van der Waals surface area (Å²) >= 11 is 0. The molecule has 0 atom stereocenters. The van der Waals surface area contributed by atoms with Crippen LogP contribution in [0.1, 0.15) is 19.3 Å². The first-order valence-electron chi connectivity index (χ1n) is 6.20. The Kier molecular flexibility index (Phi) is 8.95. The van der Waals surface area contributed by atoms with Crippen LogP contribution in [-0.4, -0.2) is 58.4 Å². The summed E-state index contributed by atoms with van der Waals surface area (Å²) in [7, 11) is 0. The Morgan fingerprint density at radius 2 is 1.21 bits per heavy atom. The average Bonchev–Trinajstić information content (AvgIpc) is 2.35. The Labute approximate surface area is 113 Å². The van der Waals surface area contributed by atoms with Gasteiger partial charge in [-0.15, -0.1) is 13.2 Å². The van der Waals surface area contributed by atoms with Gasteiger partial charge >= 0.3 is 12.2 Å². The van der Waals surface area contributed by atoms with Crippen LogP contribution in [0.3, 0.4) is 0 Å². The Bertz CT molecular complexity index is 288. The zero-order valence-electron chi connectivity index (χ0n) is 11.1. The lowest BCUT2D eigenvalue weighted by molar-refractivity contribution is 0.147. The highest BCUT2D eigenvalue weighted by molar-refractivity contribution is 5.65. The molecule has 0 spiro atoms. The number of carbonyl (C=O) groups is 2. The third-order valence-electron chi connectivity index (χ3n) is 2.60. The second-order valence-corrected chi connectivity index (χ2v) is 4.10. The molecule has 108 valence electrons. The fourth-order valence-electron chi connectivity index (χ4n) is 1.62. The van der Waals surface area contributed by atoms with Crippen LogP contribution in [0.25, 0.3) is 0 Å². The van der Waals surface area contributed by atoms with Gasteiger partial charge in [-0.05, 0) is 19.3 Å². The molecule has 0 fully saturated rings. The maximum atomic E-state index is 10.8. The highest BCUT2D eigenvalue weighted by Crippen LogP contribution is 2.02. The van der Waals surface area contributed by atoms with E-state index in [2.05, 4.69) is 13.2 Å². The van der Waals surface area contributed by atoms with Crippen LogP contribution in [0.4, 0.5) is 9.59 Å². The topological polar surface area (TPSA) is 81.1 Å². The Morgan fingerprint density at radius 3 is 1.47 bits per heavy atom. The average molecular weight is 270 g/mol. The summed E-state index contributed by atoms with van der Waals surface area (Å²) in [5, 5.41) is 17.7. The van der Waals surface area contributed by atoms with Crippen LogP contribution >= 0.6 is 0 Å². The molecule has 0 aromatic carbocycles. The molecule has 0 aliphatic carbocycles. The number of unbranched alkanes of at least 4 members (excludes halogenated alkanes) is 2. The summed E-state index contributed by atoms with van der Waals surface area (Å²) in [5.41, 5.74) is 0. The van der Waals surface area contributed by atoms with E-state index < -0.39 is 12.2 Å². The second-order valence-electron chi connectivity index (χ2n) is 4.10. The van der Waals surface area contributed by atoms with E-state index in [1.165, 1.54) is 9.80 Å². The van der Waals surface area contributed by atoms with Crippen molar-refractivity contribution in [3.8, 4) is 0 Å². The van der Waals surface area contributed by atoms with E-state index in [-0.39, 0.29) is 0 Å². The fraction of sp³-hybridized carbons (Fsp3) is 0.538. The zero-order chi connectivity index (χ0) is 14.7. The molecule has 6 nitrogen and oxygen atoms in total. The van der Waals surface area contributed by atoms with Crippen LogP contribution in [0, 0.1) is 0 Å². The second kappa shape index (κ2) is 9.99. The first-order valence-corrected chi connectivity index (χ1v) is 6.20. The predicted octanol–water partition coefficient (Wildman–Crippen LogP) is 2.49. The zero-order valence-corrected chi connectivity index (χ0v) is 11.1. The Hall–Kier alpha value is -1.98. The molecule has 0 aliphatic rings. The van der Waals surface area contributed by atoms with E-state index in [1.54, 1.807) is 12.2 Å². The maximum absolute atomic E-state index is 10.8. The van der Waals surface area contributed by atoms with Crippen molar-refractivity contribution < 1.29 is 19.8 Å². The van der Waals surface area contributed by atoms with Gasteiger partial charge in [0, 0.05) is 26.2 Å². The molecule has 0 heterocycles. The van der Waals surface area contributed by atoms with Crippen molar-refractivity contribution in [3.63, 3.8) is 0 Å². The highest BCUT2D eigenvalue weighted by atomic mass is 16.4. The number of amides is 2. The number of hydrogen-bond acceptors (Lipinski definition) is 2. The van der Waals surface area contributed by atoms with Gasteiger partial charge in [-0.1, -0.05) is 12.2 Å². The quantitative estimate of drug-likeness (QED) is 0.472. The summed E-state index contributed by atoms with van der Waals surface area (Å²) in [6.45, 7) is 8.51. The molecular weight excluding hydrogens is 248 g/mol.